The molecule has 3 aromatic carbocycles. The van der Waals surface area contributed by atoms with Gasteiger partial charge in [-0.15, -0.1) is 0 Å². The van der Waals surface area contributed by atoms with Crippen LogP contribution in [0, 0.1) is 12.7 Å². The third kappa shape index (κ3) is 4.19. The summed E-state index contributed by atoms with van der Waals surface area (Å²) in [6, 6.07) is 17.0. The Morgan fingerprint density at radius 3 is 2.17 bits per heavy atom. The zero-order chi connectivity index (χ0) is 21.3. The summed E-state index contributed by atoms with van der Waals surface area (Å²) in [4.78, 5) is 8.83. The number of halogens is 2. The van der Waals surface area contributed by atoms with Crippen LogP contribution in [-0.2, 0) is 10.0 Å². The number of aryl methyl sites for hydroxylation is 1. The minimum absolute atomic E-state index is 0.00900. The Labute approximate surface area is 177 Å². The van der Waals surface area contributed by atoms with Gasteiger partial charge in [-0.05, 0) is 61.0 Å². The summed E-state index contributed by atoms with van der Waals surface area (Å²) >= 11 is 6.20. The number of fused-ring (bicyclic) bond motifs is 1. The molecule has 0 atom stereocenters. The molecule has 152 valence electrons. The smallest absolute Gasteiger partial charge is 0.263 e. The van der Waals surface area contributed by atoms with Crippen molar-refractivity contribution in [1.82, 2.24) is 9.97 Å². The zero-order valence-corrected chi connectivity index (χ0v) is 17.3. The van der Waals surface area contributed by atoms with Crippen molar-refractivity contribution < 1.29 is 12.8 Å². The quantitative estimate of drug-likeness (QED) is 0.439. The van der Waals surface area contributed by atoms with Crippen LogP contribution in [0.5, 0.6) is 0 Å². The molecule has 0 fully saturated rings. The van der Waals surface area contributed by atoms with E-state index in [0.29, 0.717) is 21.7 Å². The highest BCUT2D eigenvalue weighted by Gasteiger charge is 2.19. The van der Waals surface area contributed by atoms with Crippen LogP contribution >= 0.6 is 11.6 Å². The highest BCUT2D eigenvalue weighted by molar-refractivity contribution is 7.92. The van der Waals surface area contributed by atoms with Gasteiger partial charge >= 0.3 is 0 Å². The minimum atomic E-state index is -4.01. The fourth-order valence-corrected chi connectivity index (χ4v) is 3.96. The third-order valence-corrected chi connectivity index (χ3v) is 6.12. The van der Waals surface area contributed by atoms with Crippen molar-refractivity contribution in [3.63, 3.8) is 0 Å². The third-order valence-electron chi connectivity index (χ3n) is 4.36. The number of benzene rings is 3. The van der Waals surface area contributed by atoms with Gasteiger partial charge in [-0.3, -0.25) is 4.72 Å². The molecule has 0 radical (unpaired) electrons. The minimum Gasteiger partial charge on any atom is -0.337 e. The summed E-state index contributed by atoms with van der Waals surface area (Å²) in [5.41, 5.74) is 2.63. The Hall–Kier alpha value is -3.23. The molecule has 2 N–H and O–H groups in total. The molecule has 0 bridgehead atoms. The Morgan fingerprint density at radius 2 is 1.53 bits per heavy atom. The fourth-order valence-electron chi connectivity index (χ4n) is 2.77. The Balaban J connectivity index is 1.78. The van der Waals surface area contributed by atoms with Gasteiger partial charge in [0.25, 0.3) is 10.0 Å². The monoisotopic (exact) mass is 442 g/mol. The van der Waals surface area contributed by atoms with Crippen LogP contribution < -0.4 is 10.0 Å². The predicted octanol–water partition coefficient (Wildman–Crippen LogP) is 5.28. The second-order valence-electron chi connectivity index (χ2n) is 6.56. The maximum absolute atomic E-state index is 13.2. The molecule has 0 aliphatic rings. The van der Waals surface area contributed by atoms with Crippen molar-refractivity contribution in [1.29, 1.82) is 0 Å². The van der Waals surface area contributed by atoms with E-state index in [1.54, 1.807) is 30.3 Å². The van der Waals surface area contributed by atoms with Crippen LogP contribution in [0.3, 0.4) is 0 Å². The van der Waals surface area contributed by atoms with E-state index in [2.05, 4.69) is 20.0 Å². The lowest BCUT2D eigenvalue weighted by molar-refractivity contribution is 0.599. The molecule has 30 heavy (non-hydrogen) atoms. The number of anilines is 3. The van der Waals surface area contributed by atoms with E-state index >= 15 is 0 Å². The van der Waals surface area contributed by atoms with Gasteiger partial charge in [0, 0.05) is 10.7 Å². The van der Waals surface area contributed by atoms with Crippen molar-refractivity contribution in [2.75, 3.05) is 10.0 Å². The number of hydrogen-bond donors (Lipinski definition) is 2. The Bertz CT molecular complexity index is 1350. The number of nitrogens with zero attached hydrogens (tertiary/aromatic N) is 2. The van der Waals surface area contributed by atoms with E-state index < -0.39 is 15.8 Å². The van der Waals surface area contributed by atoms with Crippen LogP contribution in [0.4, 0.5) is 21.7 Å². The first kappa shape index (κ1) is 20.1. The maximum Gasteiger partial charge on any atom is 0.263 e. The SMILES string of the molecule is Cc1ccc(Nc2nc3ccccc3nc2NS(=O)(=O)c2ccc(F)cc2)cc1Cl. The average molecular weight is 443 g/mol. The van der Waals surface area contributed by atoms with Gasteiger partial charge in [0.15, 0.2) is 11.6 Å². The molecule has 9 heteroatoms. The molecule has 1 heterocycles. The molecule has 0 spiro atoms. The number of aromatic nitrogens is 2. The summed E-state index contributed by atoms with van der Waals surface area (Å²) in [5, 5.41) is 3.63. The number of nitrogens with one attached hydrogen (secondary N) is 2. The van der Waals surface area contributed by atoms with E-state index in [1.165, 1.54) is 12.1 Å². The van der Waals surface area contributed by atoms with Crippen LogP contribution in [-0.4, -0.2) is 18.4 Å². The van der Waals surface area contributed by atoms with Gasteiger partial charge in [-0.25, -0.2) is 22.8 Å². The highest BCUT2D eigenvalue weighted by atomic mass is 35.5. The molecule has 1 aromatic heterocycles. The number of sulfonamides is 1. The van der Waals surface area contributed by atoms with Crippen molar-refractivity contribution in [2.24, 2.45) is 0 Å². The summed E-state index contributed by atoms with van der Waals surface area (Å²) < 4.78 is 41.2. The van der Waals surface area contributed by atoms with E-state index in [4.69, 9.17) is 11.6 Å². The van der Waals surface area contributed by atoms with E-state index in [1.807, 2.05) is 19.1 Å². The van der Waals surface area contributed by atoms with E-state index in [0.717, 1.165) is 17.7 Å². The standard InChI is InChI=1S/C21H16ClFN4O2S/c1-13-6-9-15(12-17(13)22)24-20-21(26-19-5-3-2-4-18(19)25-20)27-30(28,29)16-10-7-14(23)8-11-16/h2-12H,1H3,(H,24,25)(H,26,27). The Kier molecular flexibility index (Phi) is 5.27. The molecule has 6 nitrogen and oxygen atoms in total. The molecular formula is C21H16ClFN4O2S. The van der Waals surface area contributed by atoms with Gasteiger partial charge in [0.1, 0.15) is 5.82 Å². The van der Waals surface area contributed by atoms with Gasteiger partial charge in [-0.1, -0.05) is 29.8 Å². The predicted molar refractivity (Wildman–Crippen MR) is 116 cm³/mol. The van der Waals surface area contributed by atoms with Gasteiger partial charge < -0.3 is 5.32 Å². The Morgan fingerprint density at radius 1 is 0.900 bits per heavy atom. The van der Waals surface area contributed by atoms with Crippen LogP contribution in [0.15, 0.2) is 71.6 Å². The first-order chi connectivity index (χ1) is 14.3. The van der Waals surface area contributed by atoms with Crippen LogP contribution in [0.2, 0.25) is 5.02 Å². The van der Waals surface area contributed by atoms with E-state index in [-0.39, 0.29) is 16.5 Å². The fraction of sp³-hybridized carbons (Fsp3) is 0.0476. The zero-order valence-electron chi connectivity index (χ0n) is 15.7. The van der Waals surface area contributed by atoms with Crippen molar-refractivity contribution in [3.05, 3.63) is 83.1 Å². The molecule has 0 unspecified atom stereocenters. The van der Waals surface area contributed by atoms with Crippen molar-refractivity contribution >= 4 is 50.0 Å². The van der Waals surface area contributed by atoms with Crippen molar-refractivity contribution in [2.45, 2.75) is 11.8 Å². The van der Waals surface area contributed by atoms with E-state index in [9.17, 15) is 12.8 Å². The summed E-state index contributed by atoms with van der Waals surface area (Å²) in [5.74, 6) is -0.313. The van der Waals surface area contributed by atoms with Crippen LogP contribution in [0.25, 0.3) is 11.0 Å². The largest absolute Gasteiger partial charge is 0.337 e. The molecule has 0 saturated carbocycles. The van der Waals surface area contributed by atoms with Crippen molar-refractivity contribution in [3.8, 4) is 0 Å². The first-order valence-corrected chi connectivity index (χ1v) is 10.8. The van der Waals surface area contributed by atoms with Gasteiger partial charge in [-0.2, -0.15) is 0 Å². The molecule has 0 saturated heterocycles. The number of rotatable bonds is 5. The lowest BCUT2D eigenvalue weighted by Gasteiger charge is -2.14. The average Bonchev–Trinajstić information content (AvgIpc) is 2.71. The number of para-hydroxylation sites is 2. The first-order valence-electron chi connectivity index (χ1n) is 8.90. The lowest BCUT2D eigenvalue weighted by atomic mass is 10.2. The summed E-state index contributed by atoms with van der Waals surface area (Å²) in [6.07, 6.45) is 0. The van der Waals surface area contributed by atoms with Gasteiger partial charge in [0.2, 0.25) is 0 Å². The molecule has 0 aliphatic heterocycles. The normalized spacial score (nSPS) is 11.4. The topological polar surface area (TPSA) is 84.0 Å². The summed E-state index contributed by atoms with van der Waals surface area (Å²) in [7, 11) is -4.01. The molecule has 0 amide bonds. The summed E-state index contributed by atoms with van der Waals surface area (Å²) in [6.45, 7) is 1.88. The molecule has 4 rings (SSSR count). The molecular weight excluding hydrogens is 427 g/mol. The second-order valence-corrected chi connectivity index (χ2v) is 8.65. The highest BCUT2D eigenvalue weighted by Crippen LogP contribution is 2.29. The number of hydrogen-bond acceptors (Lipinski definition) is 5. The molecule has 4 aromatic rings. The second kappa shape index (κ2) is 7.89. The maximum atomic E-state index is 13.2. The van der Waals surface area contributed by atoms with Crippen LogP contribution in [0.1, 0.15) is 5.56 Å². The molecule has 0 aliphatic carbocycles. The lowest BCUT2D eigenvalue weighted by Crippen LogP contribution is -2.16. The van der Waals surface area contributed by atoms with Gasteiger partial charge in [0.05, 0.1) is 15.9 Å².